The summed E-state index contributed by atoms with van der Waals surface area (Å²) in [5.74, 6) is 0.757. The normalized spacial score (nSPS) is 11.0. The lowest BCUT2D eigenvalue weighted by Gasteiger charge is -2.17. The predicted octanol–water partition coefficient (Wildman–Crippen LogP) is 6.55. The summed E-state index contributed by atoms with van der Waals surface area (Å²) in [5, 5.41) is 20.2. The number of rotatable bonds is 8. The van der Waals surface area contributed by atoms with Crippen molar-refractivity contribution in [1.29, 1.82) is 0 Å². The quantitative estimate of drug-likeness (QED) is 0.562. The lowest BCUT2D eigenvalue weighted by Crippen LogP contribution is -1.97. The molecular weight excluding hydrogens is 328 g/mol. The van der Waals surface area contributed by atoms with Crippen molar-refractivity contribution in [2.24, 2.45) is 0 Å². The lowest BCUT2D eigenvalue weighted by molar-refractivity contribution is 0.469. The summed E-state index contributed by atoms with van der Waals surface area (Å²) >= 11 is 1.77. The maximum Gasteiger partial charge on any atom is 0.118 e. The van der Waals surface area contributed by atoms with E-state index in [1.165, 1.54) is 20.9 Å². The van der Waals surface area contributed by atoms with E-state index >= 15 is 0 Å². The minimum Gasteiger partial charge on any atom is -0.508 e. The lowest BCUT2D eigenvalue weighted by atomic mass is 10.0. The van der Waals surface area contributed by atoms with Crippen LogP contribution in [-0.4, -0.2) is 10.2 Å². The van der Waals surface area contributed by atoms with Crippen molar-refractivity contribution in [3.63, 3.8) is 0 Å². The topological polar surface area (TPSA) is 40.5 Å². The molecule has 2 N–H and O–H groups in total. The first-order valence-electron chi connectivity index (χ1n) is 9.30. The summed E-state index contributed by atoms with van der Waals surface area (Å²) < 4.78 is 0. The number of aromatic hydroxyl groups is 2. The Morgan fingerprint density at radius 1 is 0.720 bits per heavy atom. The van der Waals surface area contributed by atoms with Crippen molar-refractivity contribution in [3.05, 3.63) is 46.5 Å². The first-order chi connectivity index (χ1) is 12.0. The van der Waals surface area contributed by atoms with E-state index in [4.69, 9.17) is 0 Å². The van der Waals surface area contributed by atoms with E-state index in [0.717, 1.165) is 49.7 Å². The summed E-state index contributed by atoms with van der Waals surface area (Å²) in [6.07, 6.45) is 6.49. The fourth-order valence-electron chi connectivity index (χ4n) is 3.08. The Balaban J connectivity index is 2.42. The Hall–Kier alpha value is -1.61. The molecule has 0 aliphatic heterocycles. The molecule has 2 aromatic carbocycles. The van der Waals surface area contributed by atoms with Gasteiger partial charge in [-0.3, -0.25) is 0 Å². The number of benzene rings is 2. The van der Waals surface area contributed by atoms with Crippen molar-refractivity contribution < 1.29 is 10.2 Å². The summed E-state index contributed by atoms with van der Waals surface area (Å²) in [4.78, 5) is 2.43. The maximum atomic E-state index is 10.1. The van der Waals surface area contributed by atoms with E-state index in [9.17, 15) is 10.2 Å². The molecule has 0 amide bonds. The van der Waals surface area contributed by atoms with Gasteiger partial charge in [0.25, 0.3) is 0 Å². The average Bonchev–Trinajstić information content (AvgIpc) is 2.60. The molecule has 0 radical (unpaired) electrons. The fraction of sp³-hybridized carbons (Fsp3) is 0.455. The second kappa shape index (κ2) is 9.19. The van der Waals surface area contributed by atoms with Crippen molar-refractivity contribution in [2.45, 2.75) is 76.0 Å². The molecule has 0 fully saturated rings. The van der Waals surface area contributed by atoms with Crippen LogP contribution in [-0.2, 0) is 12.8 Å². The van der Waals surface area contributed by atoms with Gasteiger partial charge in [0.2, 0.25) is 0 Å². The van der Waals surface area contributed by atoms with Crippen LogP contribution in [0.4, 0.5) is 0 Å². The predicted molar refractivity (Wildman–Crippen MR) is 107 cm³/mol. The van der Waals surface area contributed by atoms with Gasteiger partial charge in [-0.05, 0) is 86.1 Å². The van der Waals surface area contributed by atoms with Gasteiger partial charge in [0, 0.05) is 9.79 Å². The Morgan fingerprint density at radius 2 is 1.12 bits per heavy atom. The monoisotopic (exact) mass is 358 g/mol. The van der Waals surface area contributed by atoms with Crippen molar-refractivity contribution in [2.75, 3.05) is 0 Å². The molecule has 2 nitrogen and oxygen atoms in total. The van der Waals surface area contributed by atoms with Gasteiger partial charge in [0.05, 0.1) is 0 Å². The van der Waals surface area contributed by atoms with Crippen LogP contribution in [0.2, 0.25) is 0 Å². The molecule has 0 saturated carbocycles. The van der Waals surface area contributed by atoms with Crippen LogP contribution in [0.1, 0.15) is 61.8 Å². The zero-order valence-electron chi connectivity index (χ0n) is 15.9. The molecule has 0 aliphatic rings. The summed E-state index contributed by atoms with van der Waals surface area (Å²) in [5.41, 5.74) is 4.48. The molecule has 136 valence electrons. The minimum atomic E-state index is 0.378. The van der Waals surface area contributed by atoms with Crippen LogP contribution in [0.25, 0.3) is 0 Å². The van der Waals surface area contributed by atoms with Crippen molar-refractivity contribution >= 4 is 11.8 Å². The number of phenols is 2. The van der Waals surface area contributed by atoms with Gasteiger partial charge in [-0.15, -0.1) is 0 Å². The molecule has 0 aromatic heterocycles. The molecule has 0 spiro atoms. The van der Waals surface area contributed by atoms with Gasteiger partial charge in [0.1, 0.15) is 11.5 Å². The number of hydrogen-bond donors (Lipinski definition) is 2. The highest BCUT2D eigenvalue weighted by Gasteiger charge is 2.15. The number of phenolic OH excluding ortho intramolecular Hbond substituents is 2. The van der Waals surface area contributed by atoms with E-state index in [0.29, 0.717) is 11.5 Å². The third-order valence-corrected chi connectivity index (χ3v) is 6.04. The first-order valence-corrected chi connectivity index (χ1v) is 10.1. The van der Waals surface area contributed by atoms with Gasteiger partial charge in [0.15, 0.2) is 0 Å². The molecule has 0 saturated heterocycles. The van der Waals surface area contributed by atoms with Crippen LogP contribution in [0, 0.1) is 13.8 Å². The highest BCUT2D eigenvalue weighted by Crippen LogP contribution is 2.40. The van der Waals surface area contributed by atoms with Crippen LogP contribution in [0.15, 0.2) is 34.1 Å². The first kappa shape index (κ1) is 19.7. The maximum absolute atomic E-state index is 10.1. The Labute approximate surface area is 156 Å². The molecule has 2 rings (SSSR count). The molecule has 3 heteroatoms. The summed E-state index contributed by atoms with van der Waals surface area (Å²) in [6, 6.07) is 7.66. The Morgan fingerprint density at radius 3 is 1.48 bits per heavy atom. The zero-order valence-corrected chi connectivity index (χ0v) is 16.7. The molecule has 0 aliphatic carbocycles. The van der Waals surface area contributed by atoms with Gasteiger partial charge in [-0.2, -0.15) is 0 Å². The number of hydrogen-bond acceptors (Lipinski definition) is 3. The standard InChI is InChI=1S/C22H30O2S/c1-5-7-9-17-15(3)19(23)11-13-21(17)25-22-14-12-20(24)16(4)18(22)10-8-6-2/h11-14,23-24H,5-10H2,1-4H3. The van der Waals surface area contributed by atoms with Crippen LogP contribution in [0.5, 0.6) is 11.5 Å². The molecule has 0 atom stereocenters. The van der Waals surface area contributed by atoms with E-state index in [1.54, 1.807) is 23.9 Å². The average molecular weight is 359 g/mol. The van der Waals surface area contributed by atoms with Crippen molar-refractivity contribution in [3.8, 4) is 11.5 Å². The summed E-state index contributed by atoms with van der Waals surface area (Å²) in [7, 11) is 0. The molecule has 0 heterocycles. The van der Waals surface area contributed by atoms with Gasteiger partial charge in [-0.1, -0.05) is 38.5 Å². The van der Waals surface area contributed by atoms with E-state index in [2.05, 4.69) is 13.8 Å². The smallest absolute Gasteiger partial charge is 0.118 e. The van der Waals surface area contributed by atoms with E-state index < -0.39 is 0 Å². The Kier molecular flexibility index (Phi) is 7.24. The molecule has 2 aromatic rings. The van der Waals surface area contributed by atoms with E-state index in [-0.39, 0.29) is 0 Å². The molecule has 25 heavy (non-hydrogen) atoms. The largest absolute Gasteiger partial charge is 0.508 e. The van der Waals surface area contributed by atoms with E-state index in [1.807, 2.05) is 26.0 Å². The summed E-state index contributed by atoms with van der Waals surface area (Å²) in [6.45, 7) is 8.39. The minimum absolute atomic E-state index is 0.378. The van der Waals surface area contributed by atoms with Crippen LogP contribution in [0.3, 0.4) is 0 Å². The zero-order chi connectivity index (χ0) is 18.4. The van der Waals surface area contributed by atoms with Gasteiger partial charge in [-0.25, -0.2) is 0 Å². The van der Waals surface area contributed by atoms with Crippen LogP contribution >= 0.6 is 11.8 Å². The van der Waals surface area contributed by atoms with Crippen molar-refractivity contribution in [1.82, 2.24) is 0 Å². The van der Waals surface area contributed by atoms with Gasteiger partial charge < -0.3 is 10.2 Å². The third kappa shape index (κ3) is 4.72. The van der Waals surface area contributed by atoms with Crippen LogP contribution < -0.4 is 0 Å². The second-order valence-corrected chi connectivity index (χ2v) is 7.77. The molecule has 0 unspecified atom stereocenters. The third-order valence-electron chi connectivity index (χ3n) is 4.83. The highest BCUT2D eigenvalue weighted by atomic mass is 32.2. The number of unbranched alkanes of at least 4 members (excludes halogenated alkanes) is 2. The fourth-order valence-corrected chi connectivity index (χ4v) is 4.34. The SMILES string of the molecule is CCCCc1c(Sc2ccc(O)c(C)c2CCCC)ccc(O)c1C. The molecule has 0 bridgehead atoms. The van der Waals surface area contributed by atoms with Gasteiger partial charge >= 0.3 is 0 Å². The highest BCUT2D eigenvalue weighted by molar-refractivity contribution is 7.99. The molecular formula is C22H30O2S. The second-order valence-electron chi connectivity index (χ2n) is 6.68. The Bertz CT molecular complexity index is 661.